The van der Waals surface area contributed by atoms with Gasteiger partial charge in [0.1, 0.15) is 5.82 Å². The number of halogens is 1. The molecule has 0 amide bonds. The summed E-state index contributed by atoms with van der Waals surface area (Å²) in [7, 11) is 0. The van der Waals surface area contributed by atoms with E-state index < -0.39 is 0 Å². The van der Waals surface area contributed by atoms with Crippen molar-refractivity contribution in [1.82, 2.24) is 9.55 Å². The van der Waals surface area contributed by atoms with Gasteiger partial charge < -0.3 is 0 Å². The van der Waals surface area contributed by atoms with Crippen LogP contribution in [0.15, 0.2) is 51.7 Å². The van der Waals surface area contributed by atoms with Gasteiger partial charge in [-0.3, -0.25) is 9.36 Å². The predicted molar refractivity (Wildman–Crippen MR) is 84.5 cm³/mol. The third kappa shape index (κ3) is 2.06. The molecule has 3 rings (SSSR count). The lowest BCUT2D eigenvalue weighted by Gasteiger charge is -2.13. The van der Waals surface area contributed by atoms with Gasteiger partial charge >= 0.3 is 0 Å². The van der Waals surface area contributed by atoms with E-state index in [1.165, 1.54) is 0 Å². The minimum absolute atomic E-state index is 0.0388. The Morgan fingerprint density at radius 2 is 1.85 bits per heavy atom. The Labute approximate surface area is 125 Å². The van der Waals surface area contributed by atoms with Crippen LogP contribution in [0.2, 0.25) is 0 Å². The first kappa shape index (κ1) is 13.1. The van der Waals surface area contributed by atoms with Gasteiger partial charge in [-0.1, -0.05) is 34.1 Å². The van der Waals surface area contributed by atoms with Gasteiger partial charge in [0.25, 0.3) is 5.56 Å². The second-order valence-corrected chi connectivity index (χ2v) is 5.66. The average molecular weight is 329 g/mol. The lowest BCUT2D eigenvalue weighted by molar-refractivity contribution is 0.887. The molecule has 0 aliphatic rings. The highest BCUT2D eigenvalue weighted by Crippen LogP contribution is 2.18. The Hall–Kier alpha value is -1.94. The van der Waals surface area contributed by atoms with Gasteiger partial charge in [0.15, 0.2) is 0 Å². The molecule has 3 nitrogen and oxygen atoms in total. The van der Waals surface area contributed by atoms with Crippen LogP contribution in [0, 0.1) is 13.8 Å². The zero-order valence-electron chi connectivity index (χ0n) is 11.2. The van der Waals surface area contributed by atoms with Crippen molar-refractivity contribution in [3.63, 3.8) is 0 Å². The van der Waals surface area contributed by atoms with Crippen LogP contribution in [0.4, 0.5) is 0 Å². The van der Waals surface area contributed by atoms with Crippen molar-refractivity contribution in [3.05, 3.63) is 68.7 Å². The number of hydrogen-bond donors (Lipinski definition) is 0. The molecule has 100 valence electrons. The molecule has 1 aromatic heterocycles. The standard InChI is InChI=1S/C16H13BrN2O/c1-10-5-3-4-6-15(10)19-11(2)18-14-8-7-12(17)9-13(14)16(19)20/h3-9H,1-2H3. The van der Waals surface area contributed by atoms with Crippen LogP contribution in [-0.4, -0.2) is 9.55 Å². The summed E-state index contributed by atoms with van der Waals surface area (Å²) in [4.78, 5) is 17.3. The van der Waals surface area contributed by atoms with E-state index in [9.17, 15) is 4.79 Å². The molecule has 3 aromatic rings. The summed E-state index contributed by atoms with van der Waals surface area (Å²) in [6.07, 6.45) is 0. The van der Waals surface area contributed by atoms with Gasteiger partial charge in [-0.25, -0.2) is 4.98 Å². The van der Waals surface area contributed by atoms with Crippen LogP contribution in [0.1, 0.15) is 11.4 Å². The molecule has 0 atom stereocenters. The minimum atomic E-state index is -0.0388. The average Bonchev–Trinajstić information content (AvgIpc) is 2.42. The second-order valence-electron chi connectivity index (χ2n) is 4.75. The van der Waals surface area contributed by atoms with E-state index in [4.69, 9.17) is 0 Å². The molecule has 1 heterocycles. The SMILES string of the molecule is Cc1ccccc1-n1c(C)nc2ccc(Br)cc2c1=O. The molecule has 4 heteroatoms. The van der Waals surface area contributed by atoms with E-state index in [-0.39, 0.29) is 5.56 Å². The fourth-order valence-corrected chi connectivity index (χ4v) is 2.73. The lowest BCUT2D eigenvalue weighted by atomic mass is 10.2. The first-order valence-electron chi connectivity index (χ1n) is 6.33. The molecule has 0 unspecified atom stereocenters. The largest absolute Gasteiger partial charge is 0.268 e. The first-order chi connectivity index (χ1) is 9.58. The van der Waals surface area contributed by atoms with E-state index in [2.05, 4.69) is 20.9 Å². The van der Waals surface area contributed by atoms with E-state index in [1.807, 2.05) is 56.3 Å². The van der Waals surface area contributed by atoms with Gasteiger partial charge in [0, 0.05) is 4.47 Å². The van der Waals surface area contributed by atoms with E-state index in [0.717, 1.165) is 21.2 Å². The Morgan fingerprint density at radius 1 is 1.10 bits per heavy atom. The Kier molecular flexibility index (Phi) is 3.18. The summed E-state index contributed by atoms with van der Waals surface area (Å²) in [5.41, 5.74) is 2.61. The number of aryl methyl sites for hydroxylation is 2. The second kappa shape index (κ2) is 4.87. The maximum absolute atomic E-state index is 12.8. The van der Waals surface area contributed by atoms with Crippen molar-refractivity contribution in [2.75, 3.05) is 0 Å². The molecule has 0 saturated heterocycles. The highest BCUT2D eigenvalue weighted by Gasteiger charge is 2.11. The molecular formula is C16H13BrN2O. The zero-order chi connectivity index (χ0) is 14.3. The quantitative estimate of drug-likeness (QED) is 0.681. The highest BCUT2D eigenvalue weighted by atomic mass is 79.9. The number of para-hydroxylation sites is 1. The van der Waals surface area contributed by atoms with Crippen molar-refractivity contribution < 1.29 is 0 Å². The smallest absolute Gasteiger partial charge is 0.266 e. The third-order valence-electron chi connectivity index (χ3n) is 3.35. The van der Waals surface area contributed by atoms with Crippen LogP contribution in [0.25, 0.3) is 16.6 Å². The highest BCUT2D eigenvalue weighted by molar-refractivity contribution is 9.10. The van der Waals surface area contributed by atoms with Crippen LogP contribution in [0.3, 0.4) is 0 Å². The molecule has 0 saturated carbocycles. The Morgan fingerprint density at radius 3 is 2.60 bits per heavy atom. The minimum Gasteiger partial charge on any atom is -0.268 e. The third-order valence-corrected chi connectivity index (χ3v) is 3.85. The van der Waals surface area contributed by atoms with E-state index in [0.29, 0.717) is 11.2 Å². The number of rotatable bonds is 1. The molecule has 0 aliphatic carbocycles. The van der Waals surface area contributed by atoms with E-state index >= 15 is 0 Å². The van der Waals surface area contributed by atoms with Gasteiger partial charge in [0.05, 0.1) is 16.6 Å². The summed E-state index contributed by atoms with van der Waals surface area (Å²) in [5.74, 6) is 0.694. The van der Waals surface area contributed by atoms with Crippen LogP contribution in [0.5, 0.6) is 0 Å². The van der Waals surface area contributed by atoms with Crippen LogP contribution >= 0.6 is 15.9 Å². The first-order valence-corrected chi connectivity index (χ1v) is 7.12. The zero-order valence-corrected chi connectivity index (χ0v) is 12.8. The Balaban J connectivity index is 2.43. The molecule has 2 aromatic carbocycles. The van der Waals surface area contributed by atoms with Gasteiger partial charge in [-0.2, -0.15) is 0 Å². The van der Waals surface area contributed by atoms with Crippen molar-refractivity contribution in [2.45, 2.75) is 13.8 Å². The van der Waals surface area contributed by atoms with Crippen molar-refractivity contribution in [2.24, 2.45) is 0 Å². The monoisotopic (exact) mass is 328 g/mol. The summed E-state index contributed by atoms with van der Waals surface area (Å²) >= 11 is 3.40. The predicted octanol–water partition coefficient (Wildman–Crippen LogP) is 3.77. The fraction of sp³-hybridized carbons (Fsp3) is 0.125. The number of hydrogen-bond acceptors (Lipinski definition) is 2. The number of fused-ring (bicyclic) bond motifs is 1. The molecule has 0 fully saturated rings. The Bertz CT molecular complexity index is 868. The van der Waals surface area contributed by atoms with Gasteiger partial charge in [-0.15, -0.1) is 0 Å². The summed E-state index contributed by atoms with van der Waals surface area (Å²) < 4.78 is 2.55. The maximum atomic E-state index is 12.8. The topological polar surface area (TPSA) is 34.9 Å². The molecule has 0 bridgehead atoms. The molecule has 0 spiro atoms. The normalized spacial score (nSPS) is 10.9. The van der Waals surface area contributed by atoms with Crippen LogP contribution < -0.4 is 5.56 Å². The van der Waals surface area contributed by atoms with Crippen LogP contribution in [-0.2, 0) is 0 Å². The van der Waals surface area contributed by atoms with Gasteiger partial charge in [-0.05, 0) is 43.7 Å². The molecule has 0 N–H and O–H groups in total. The molecular weight excluding hydrogens is 316 g/mol. The molecule has 0 radical (unpaired) electrons. The van der Waals surface area contributed by atoms with Crippen molar-refractivity contribution in [3.8, 4) is 5.69 Å². The number of benzene rings is 2. The van der Waals surface area contributed by atoms with E-state index in [1.54, 1.807) is 4.57 Å². The fourth-order valence-electron chi connectivity index (χ4n) is 2.37. The molecule has 0 aliphatic heterocycles. The maximum Gasteiger partial charge on any atom is 0.266 e. The number of nitrogens with zero attached hydrogens (tertiary/aromatic N) is 2. The number of aromatic nitrogens is 2. The summed E-state index contributed by atoms with van der Waals surface area (Å²) in [5, 5.41) is 0.619. The van der Waals surface area contributed by atoms with Crippen molar-refractivity contribution in [1.29, 1.82) is 0 Å². The van der Waals surface area contributed by atoms with Crippen molar-refractivity contribution >= 4 is 26.8 Å². The van der Waals surface area contributed by atoms with Gasteiger partial charge in [0.2, 0.25) is 0 Å². The lowest BCUT2D eigenvalue weighted by Crippen LogP contribution is -2.22. The molecule has 20 heavy (non-hydrogen) atoms. The summed E-state index contributed by atoms with van der Waals surface area (Å²) in [6.45, 7) is 3.85. The summed E-state index contributed by atoms with van der Waals surface area (Å²) in [6, 6.07) is 13.4.